The monoisotopic (exact) mass is 457 g/mol. The number of amides is 2. The van der Waals surface area contributed by atoms with E-state index in [4.69, 9.17) is 39.5 Å². The molecule has 0 bridgehead atoms. The lowest BCUT2D eigenvalue weighted by molar-refractivity contribution is -0.153. The molecule has 0 radical (unpaired) electrons. The zero-order valence-electron chi connectivity index (χ0n) is 16.8. The van der Waals surface area contributed by atoms with E-state index in [1.165, 1.54) is 5.01 Å². The van der Waals surface area contributed by atoms with Gasteiger partial charge in [0.15, 0.2) is 0 Å². The average molecular weight is 459 g/mol. The Bertz CT molecular complexity index is 555. The van der Waals surface area contributed by atoms with Gasteiger partial charge in [-0.2, -0.15) is 0 Å². The first-order valence-corrected chi connectivity index (χ1v) is 10.7. The summed E-state index contributed by atoms with van der Waals surface area (Å²) in [5.41, 5.74) is 2.85. The van der Waals surface area contributed by atoms with Crippen LogP contribution in [0.3, 0.4) is 0 Å². The van der Waals surface area contributed by atoms with Crippen molar-refractivity contribution in [2.24, 2.45) is 11.8 Å². The SMILES string of the molecule is CCCC(C(=O)NC(C)C(=O)N1CCCC(C(=O)OCC(Cl)(Cl)Cl)N1)C(C)C. The number of nitrogens with one attached hydrogen (secondary N) is 2. The normalized spacial score (nSPS) is 19.9. The highest BCUT2D eigenvalue weighted by molar-refractivity contribution is 6.67. The largest absolute Gasteiger partial charge is 0.460 e. The van der Waals surface area contributed by atoms with Gasteiger partial charge in [-0.3, -0.25) is 19.4 Å². The van der Waals surface area contributed by atoms with Gasteiger partial charge in [-0.15, -0.1) is 0 Å². The molecular formula is C18H30Cl3N3O4. The van der Waals surface area contributed by atoms with Crippen molar-refractivity contribution in [1.29, 1.82) is 0 Å². The number of hydrazine groups is 1. The lowest BCUT2D eigenvalue weighted by atomic mass is 9.90. The maximum Gasteiger partial charge on any atom is 0.325 e. The smallest absolute Gasteiger partial charge is 0.325 e. The Hall–Kier alpha value is -0.760. The Morgan fingerprint density at radius 2 is 1.89 bits per heavy atom. The van der Waals surface area contributed by atoms with E-state index < -0.39 is 21.8 Å². The minimum absolute atomic E-state index is 0.131. The van der Waals surface area contributed by atoms with E-state index in [0.717, 1.165) is 12.8 Å². The van der Waals surface area contributed by atoms with Gasteiger partial charge in [0.1, 0.15) is 18.7 Å². The van der Waals surface area contributed by atoms with Crippen LogP contribution in [0.5, 0.6) is 0 Å². The molecule has 1 aliphatic heterocycles. The van der Waals surface area contributed by atoms with Gasteiger partial charge in [0.2, 0.25) is 9.70 Å². The third kappa shape index (κ3) is 8.31. The van der Waals surface area contributed by atoms with Crippen LogP contribution in [0.1, 0.15) is 53.4 Å². The van der Waals surface area contributed by atoms with E-state index in [-0.39, 0.29) is 30.3 Å². The molecule has 28 heavy (non-hydrogen) atoms. The number of carbonyl (C=O) groups is 3. The summed E-state index contributed by atoms with van der Waals surface area (Å²) in [5.74, 6) is -0.991. The van der Waals surface area contributed by atoms with Crippen molar-refractivity contribution in [3.05, 3.63) is 0 Å². The zero-order valence-corrected chi connectivity index (χ0v) is 19.0. The number of hydrogen-bond acceptors (Lipinski definition) is 5. The summed E-state index contributed by atoms with van der Waals surface area (Å²) in [4.78, 5) is 37.3. The second-order valence-electron chi connectivity index (χ2n) is 7.41. The molecule has 7 nitrogen and oxygen atoms in total. The lowest BCUT2D eigenvalue weighted by Gasteiger charge is -2.34. The molecule has 2 N–H and O–H groups in total. The fraction of sp³-hybridized carbons (Fsp3) is 0.833. The number of hydrogen-bond donors (Lipinski definition) is 2. The molecule has 0 saturated carbocycles. The molecule has 0 aliphatic carbocycles. The van der Waals surface area contributed by atoms with Gasteiger partial charge in [0.25, 0.3) is 5.91 Å². The molecule has 162 valence electrons. The molecule has 0 aromatic rings. The van der Waals surface area contributed by atoms with Crippen molar-refractivity contribution in [2.75, 3.05) is 13.2 Å². The van der Waals surface area contributed by atoms with Gasteiger partial charge < -0.3 is 10.1 Å². The van der Waals surface area contributed by atoms with Crippen molar-refractivity contribution >= 4 is 52.6 Å². The number of alkyl halides is 3. The minimum Gasteiger partial charge on any atom is -0.460 e. The molecule has 0 aromatic carbocycles. The second-order valence-corrected chi connectivity index (χ2v) is 9.92. The van der Waals surface area contributed by atoms with E-state index in [9.17, 15) is 14.4 Å². The maximum absolute atomic E-state index is 12.7. The Kier molecular flexibility index (Phi) is 10.3. The van der Waals surface area contributed by atoms with Crippen molar-refractivity contribution < 1.29 is 19.1 Å². The van der Waals surface area contributed by atoms with Gasteiger partial charge in [-0.1, -0.05) is 62.0 Å². The highest BCUT2D eigenvalue weighted by Gasteiger charge is 2.33. The molecule has 0 aromatic heterocycles. The molecular weight excluding hydrogens is 429 g/mol. The third-order valence-corrected chi connectivity index (χ3v) is 4.91. The number of halogens is 3. The summed E-state index contributed by atoms with van der Waals surface area (Å²) >= 11 is 16.8. The first-order valence-electron chi connectivity index (χ1n) is 9.57. The predicted molar refractivity (Wildman–Crippen MR) is 110 cm³/mol. The van der Waals surface area contributed by atoms with Crippen molar-refractivity contribution in [3.63, 3.8) is 0 Å². The van der Waals surface area contributed by atoms with Crippen molar-refractivity contribution in [2.45, 2.75) is 69.3 Å². The van der Waals surface area contributed by atoms with Gasteiger partial charge in [0, 0.05) is 12.5 Å². The lowest BCUT2D eigenvalue weighted by Crippen LogP contribution is -2.59. The predicted octanol–water partition coefficient (Wildman–Crippen LogP) is 2.97. The van der Waals surface area contributed by atoms with E-state index in [0.29, 0.717) is 19.4 Å². The van der Waals surface area contributed by atoms with Crippen LogP contribution in [-0.4, -0.2) is 51.8 Å². The van der Waals surface area contributed by atoms with Crippen LogP contribution in [-0.2, 0) is 19.1 Å². The molecule has 1 rings (SSSR count). The van der Waals surface area contributed by atoms with Crippen LogP contribution < -0.4 is 10.7 Å². The summed E-state index contributed by atoms with van der Waals surface area (Å²) in [6, 6.07) is -1.43. The van der Waals surface area contributed by atoms with Crippen molar-refractivity contribution in [1.82, 2.24) is 15.8 Å². The second kappa shape index (κ2) is 11.4. The Morgan fingerprint density at radius 1 is 1.25 bits per heavy atom. The molecule has 1 heterocycles. The van der Waals surface area contributed by atoms with Crippen molar-refractivity contribution in [3.8, 4) is 0 Å². The van der Waals surface area contributed by atoms with E-state index in [1.54, 1.807) is 6.92 Å². The molecule has 1 aliphatic rings. The van der Waals surface area contributed by atoms with Gasteiger partial charge >= 0.3 is 5.97 Å². The molecule has 1 saturated heterocycles. The summed E-state index contributed by atoms with van der Waals surface area (Å²) in [7, 11) is 0. The van der Waals surface area contributed by atoms with Crippen LogP contribution in [0, 0.1) is 11.8 Å². The number of esters is 1. The molecule has 2 amide bonds. The average Bonchev–Trinajstić information content (AvgIpc) is 2.62. The number of carbonyl (C=O) groups excluding carboxylic acids is 3. The molecule has 3 atom stereocenters. The zero-order chi connectivity index (χ0) is 21.5. The molecule has 0 spiro atoms. The topological polar surface area (TPSA) is 87.7 Å². The fourth-order valence-corrected chi connectivity index (χ4v) is 3.23. The van der Waals surface area contributed by atoms with Gasteiger partial charge in [-0.05, 0) is 32.1 Å². The number of rotatable bonds is 8. The number of ether oxygens (including phenoxy) is 1. The van der Waals surface area contributed by atoms with E-state index in [2.05, 4.69) is 10.7 Å². The first-order chi connectivity index (χ1) is 13.0. The molecule has 10 heteroatoms. The quantitative estimate of drug-likeness (QED) is 0.431. The minimum atomic E-state index is -1.69. The summed E-state index contributed by atoms with van der Waals surface area (Å²) < 4.78 is 3.29. The Balaban J connectivity index is 2.62. The van der Waals surface area contributed by atoms with E-state index in [1.807, 2.05) is 20.8 Å². The van der Waals surface area contributed by atoms with Crippen LogP contribution in [0.4, 0.5) is 0 Å². The molecule has 3 unspecified atom stereocenters. The Morgan fingerprint density at radius 3 is 2.43 bits per heavy atom. The standard InChI is InChI=1S/C18H30Cl3N3O4/c1-5-7-13(11(2)3)15(25)22-12(4)16(26)24-9-6-8-14(23-24)17(27)28-10-18(19,20)21/h11-14,23H,5-10H2,1-4H3,(H,22,25). The van der Waals surface area contributed by atoms with Crippen LogP contribution in [0.25, 0.3) is 0 Å². The first kappa shape index (κ1) is 25.3. The van der Waals surface area contributed by atoms with Crippen LogP contribution >= 0.6 is 34.8 Å². The van der Waals surface area contributed by atoms with E-state index >= 15 is 0 Å². The maximum atomic E-state index is 12.7. The fourth-order valence-electron chi connectivity index (χ4n) is 3.06. The summed E-state index contributed by atoms with van der Waals surface area (Å²) in [5, 5.41) is 4.14. The van der Waals surface area contributed by atoms with Gasteiger partial charge in [0.05, 0.1) is 0 Å². The highest BCUT2D eigenvalue weighted by atomic mass is 35.6. The highest BCUT2D eigenvalue weighted by Crippen LogP contribution is 2.26. The van der Waals surface area contributed by atoms with Gasteiger partial charge in [-0.25, -0.2) is 5.43 Å². The Labute approximate surface area is 181 Å². The van der Waals surface area contributed by atoms with Crippen LogP contribution in [0.2, 0.25) is 0 Å². The molecule has 1 fully saturated rings. The van der Waals surface area contributed by atoms with Crippen LogP contribution in [0.15, 0.2) is 0 Å². The summed E-state index contributed by atoms with van der Waals surface area (Å²) in [6.45, 7) is 7.70. The number of nitrogens with zero attached hydrogens (tertiary/aromatic N) is 1. The third-order valence-electron chi connectivity index (χ3n) is 4.59. The summed E-state index contributed by atoms with van der Waals surface area (Å²) in [6.07, 6.45) is 2.76.